The zero-order chi connectivity index (χ0) is 17.4. The first kappa shape index (κ1) is 26.0. The zero-order valence-electron chi connectivity index (χ0n) is 13.8. The fourth-order valence-corrected chi connectivity index (χ4v) is 2.66. The zero-order valence-corrected chi connectivity index (χ0v) is 16.2. The molecule has 25 heavy (non-hydrogen) atoms. The van der Waals surface area contributed by atoms with E-state index in [1.165, 1.54) is 11.9 Å². The van der Waals surface area contributed by atoms with Gasteiger partial charge in [0.1, 0.15) is 6.04 Å². The largest absolute Gasteiger partial charge is 0.351 e. The Morgan fingerprint density at radius 2 is 2.12 bits per heavy atom. The molecule has 0 radical (unpaired) electrons. The highest BCUT2D eigenvalue weighted by atomic mass is 35.5. The number of hydrogen-bond acceptors (Lipinski definition) is 7. The number of rotatable bonds is 7. The van der Waals surface area contributed by atoms with Gasteiger partial charge in [0.25, 0.3) is 5.91 Å². The number of nitrogens with two attached hydrogens (primary N) is 3. The maximum absolute atomic E-state index is 12.2. The topological polar surface area (TPSA) is 169 Å². The van der Waals surface area contributed by atoms with E-state index >= 15 is 0 Å². The molecule has 8 N–H and O–H groups in total. The van der Waals surface area contributed by atoms with Crippen molar-refractivity contribution in [2.24, 2.45) is 22.2 Å². The normalized spacial score (nSPS) is 17.2. The van der Waals surface area contributed by atoms with Gasteiger partial charge in [-0.2, -0.15) is 11.8 Å². The van der Waals surface area contributed by atoms with Crippen LogP contribution in [-0.2, 0) is 9.59 Å². The van der Waals surface area contributed by atoms with Gasteiger partial charge in [0.15, 0.2) is 0 Å². The van der Waals surface area contributed by atoms with Gasteiger partial charge in [0.05, 0.1) is 6.54 Å². The molecule has 1 heterocycles. The molecule has 1 aliphatic rings. The van der Waals surface area contributed by atoms with E-state index in [9.17, 15) is 14.4 Å². The summed E-state index contributed by atoms with van der Waals surface area (Å²) >= 11 is 1.58. The lowest BCUT2D eigenvalue weighted by molar-refractivity contribution is -0.138. The molecule has 2 atom stereocenters. The first-order chi connectivity index (χ1) is 10.8. The summed E-state index contributed by atoms with van der Waals surface area (Å²) in [6.07, 6.45) is 0.133. The van der Waals surface area contributed by atoms with Crippen molar-refractivity contribution in [1.29, 1.82) is 0 Å². The molecule has 0 aromatic carbocycles. The number of carbonyl (C=O) groups excluding carboxylic acids is 3. The Morgan fingerprint density at radius 1 is 1.48 bits per heavy atom. The summed E-state index contributed by atoms with van der Waals surface area (Å²) < 4.78 is 0. The van der Waals surface area contributed by atoms with E-state index in [0.29, 0.717) is 12.3 Å². The minimum atomic E-state index is -0.826. The molecule has 1 aliphatic heterocycles. The first-order valence-electron chi connectivity index (χ1n) is 7.06. The van der Waals surface area contributed by atoms with Crippen LogP contribution < -0.4 is 27.8 Å². The molecule has 0 aromatic rings. The number of nitrogens with zero attached hydrogens (tertiary/aromatic N) is 2. The summed E-state index contributed by atoms with van der Waals surface area (Å²) in [6, 6.07) is -1.87. The molecule has 0 saturated heterocycles. The average Bonchev–Trinajstić information content (AvgIpc) is 2.46. The molecule has 0 bridgehead atoms. The molecule has 10 nitrogen and oxygen atoms in total. The van der Waals surface area contributed by atoms with Crippen LogP contribution >= 0.6 is 36.6 Å². The first-order valence-corrected chi connectivity index (χ1v) is 8.21. The Hall–Kier alpha value is -1.27. The summed E-state index contributed by atoms with van der Waals surface area (Å²) in [7, 11) is 1.52. The number of amides is 4. The maximum Gasteiger partial charge on any atom is 0.318 e. The lowest BCUT2D eigenvalue weighted by Crippen LogP contribution is -2.58. The predicted octanol–water partition coefficient (Wildman–Crippen LogP) is -1.78. The number of halogens is 2. The highest BCUT2D eigenvalue weighted by Gasteiger charge is 2.31. The highest BCUT2D eigenvalue weighted by molar-refractivity contribution is 7.99. The number of guanidine groups is 1. The second kappa shape index (κ2) is 13.0. The molecule has 146 valence electrons. The number of urea groups is 1. The lowest BCUT2D eigenvalue weighted by Gasteiger charge is -2.30. The van der Waals surface area contributed by atoms with Gasteiger partial charge in [-0.05, 0) is 0 Å². The van der Waals surface area contributed by atoms with Crippen LogP contribution in [-0.4, -0.2) is 72.4 Å². The van der Waals surface area contributed by atoms with Gasteiger partial charge in [-0.1, -0.05) is 0 Å². The number of thioether (sulfide) groups is 1. The number of carbonyl (C=O) groups is 3. The van der Waals surface area contributed by atoms with Crippen molar-refractivity contribution in [3.05, 3.63) is 0 Å². The molecule has 0 fully saturated rings. The number of likely N-dealkylation sites (N-methyl/N-ethyl adjacent to an activating group) is 1. The third kappa shape index (κ3) is 9.12. The Labute approximate surface area is 162 Å². The van der Waals surface area contributed by atoms with Crippen molar-refractivity contribution in [3.8, 4) is 0 Å². The van der Waals surface area contributed by atoms with Gasteiger partial charge in [0, 0.05) is 37.6 Å². The van der Waals surface area contributed by atoms with Gasteiger partial charge in [-0.25, -0.2) is 9.79 Å². The minimum Gasteiger partial charge on any atom is -0.351 e. The SMILES string of the molecule is CN(C(=O)C[C@@H](N)CSCCN)C1CN=C(NC(N)=O)NC1=O.Cl.Cl. The Kier molecular flexibility index (Phi) is 13.5. The second-order valence-electron chi connectivity index (χ2n) is 5.02. The van der Waals surface area contributed by atoms with E-state index in [1.807, 2.05) is 0 Å². The van der Waals surface area contributed by atoms with Crippen LogP contribution in [0.15, 0.2) is 4.99 Å². The molecule has 0 aliphatic carbocycles. The third-order valence-corrected chi connectivity index (χ3v) is 4.29. The van der Waals surface area contributed by atoms with Gasteiger partial charge in [-0.3, -0.25) is 20.2 Å². The summed E-state index contributed by atoms with van der Waals surface area (Å²) in [5, 5.41) is 4.57. The second-order valence-corrected chi connectivity index (χ2v) is 6.17. The van der Waals surface area contributed by atoms with Crippen LogP contribution in [0.2, 0.25) is 0 Å². The van der Waals surface area contributed by atoms with Crippen LogP contribution in [0.1, 0.15) is 6.42 Å². The van der Waals surface area contributed by atoms with Crippen molar-refractivity contribution in [2.75, 3.05) is 31.6 Å². The molecule has 13 heteroatoms. The number of aliphatic imine (C=N–C) groups is 1. The number of primary amides is 1. The van der Waals surface area contributed by atoms with Crippen LogP contribution in [0.3, 0.4) is 0 Å². The fourth-order valence-electron chi connectivity index (χ4n) is 1.91. The maximum atomic E-state index is 12.2. The Morgan fingerprint density at radius 3 is 2.64 bits per heavy atom. The minimum absolute atomic E-state index is 0. The van der Waals surface area contributed by atoms with Crippen LogP contribution in [0, 0.1) is 0 Å². The summed E-state index contributed by atoms with van der Waals surface area (Å²) in [4.78, 5) is 40.2. The van der Waals surface area contributed by atoms with Gasteiger partial charge in [0.2, 0.25) is 11.9 Å². The van der Waals surface area contributed by atoms with Crippen LogP contribution in [0.25, 0.3) is 0 Å². The monoisotopic (exact) mass is 417 g/mol. The van der Waals surface area contributed by atoms with E-state index in [1.54, 1.807) is 11.8 Å². The molecule has 4 amide bonds. The fraction of sp³-hybridized carbons (Fsp3) is 0.667. The molecule has 0 saturated carbocycles. The van der Waals surface area contributed by atoms with Crippen molar-refractivity contribution in [2.45, 2.75) is 18.5 Å². The molecular formula is C12H25Cl2N7O3S. The average molecular weight is 418 g/mol. The van der Waals surface area contributed by atoms with E-state index in [4.69, 9.17) is 17.2 Å². The van der Waals surface area contributed by atoms with E-state index < -0.39 is 18.0 Å². The smallest absolute Gasteiger partial charge is 0.318 e. The van der Waals surface area contributed by atoms with Crippen molar-refractivity contribution < 1.29 is 14.4 Å². The van der Waals surface area contributed by atoms with E-state index in [-0.39, 0.29) is 55.7 Å². The standard InChI is InChI=1S/C12H23N7O3S.2ClH/c1-19(9(20)4-7(14)6-23-3-2-13)8-5-16-12(17-10(8)21)18-11(15)22;;/h7-8H,2-6,13-14H2,1H3,(H4,15,16,17,18,21,22);2*1H/t7-,8?;;/m1../s1. The van der Waals surface area contributed by atoms with Crippen molar-refractivity contribution in [3.63, 3.8) is 0 Å². The molecule has 0 spiro atoms. The Balaban J connectivity index is 0. The predicted molar refractivity (Wildman–Crippen MR) is 103 cm³/mol. The summed E-state index contributed by atoms with van der Waals surface area (Å²) in [5.41, 5.74) is 16.2. The third-order valence-electron chi connectivity index (χ3n) is 3.10. The quantitative estimate of drug-likeness (QED) is 0.306. The van der Waals surface area contributed by atoms with Crippen LogP contribution in [0.5, 0.6) is 0 Å². The molecule has 1 unspecified atom stereocenters. The van der Waals surface area contributed by atoms with Gasteiger partial charge in [-0.15, -0.1) is 24.8 Å². The Bertz CT molecular complexity index is 495. The van der Waals surface area contributed by atoms with Crippen molar-refractivity contribution >= 4 is 60.4 Å². The summed E-state index contributed by atoms with van der Waals surface area (Å²) in [5.74, 6) is 0.707. The van der Waals surface area contributed by atoms with Crippen LogP contribution in [0.4, 0.5) is 4.79 Å². The molecular weight excluding hydrogens is 393 g/mol. The number of hydrogen-bond donors (Lipinski definition) is 5. The van der Waals surface area contributed by atoms with Crippen molar-refractivity contribution in [1.82, 2.24) is 15.5 Å². The lowest BCUT2D eigenvalue weighted by atomic mass is 10.1. The van der Waals surface area contributed by atoms with Gasteiger partial charge < -0.3 is 22.1 Å². The van der Waals surface area contributed by atoms with Gasteiger partial charge >= 0.3 is 6.03 Å². The molecule has 0 aromatic heterocycles. The van der Waals surface area contributed by atoms with E-state index in [2.05, 4.69) is 15.6 Å². The number of nitrogens with one attached hydrogen (secondary N) is 2. The summed E-state index contributed by atoms with van der Waals surface area (Å²) in [6.45, 7) is 0.605. The molecule has 1 rings (SSSR count). The highest BCUT2D eigenvalue weighted by Crippen LogP contribution is 2.08. The van der Waals surface area contributed by atoms with E-state index in [0.717, 1.165) is 5.75 Å².